The number of benzene rings is 2. The Labute approximate surface area is 185 Å². The van der Waals surface area contributed by atoms with E-state index in [9.17, 15) is 4.79 Å². The molecule has 0 aliphatic carbocycles. The molecule has 2 heterocycles. The Morgan fingerprint density at radius 3 is 2.52 bits per heavy atom. The van der Waals surface area contributed by atoms with Crippen LogP contribution in [-0.4, -0.2) is 49.2 Å². The van der Waals surface area contributed by atoms with E-state index in [-0.39, 0.29) is 5.91 Å². The summed E-state index contributed by atoms with van der Waals surface area (Å²) in [6.07, 6.45) is 0.610. The predicted octanol–water partition coefficient (Wildman–Crippen LogP) is 4.62. The molecule has 1 amide bonds. The van der Waals surface area contributed by atoms with Gasteiger partial charge in [-0.2, -0.15) is 0 Å². The van der Waals surface area contributed by atoms with Crippen LogP contribution in [-0.2, 0) is 10.2 Å². The second-order valence-electron chi connectivity index (χ2n) is 9.04. The van der Waals surface area contributed by atoms with Crippen molar-refractivity contribution in [2.45, 2.75) is 52.1 Å². The van der Waals surface area contributed by atoms with Gasteiger partial charge in [-0.05, 0) is 51.6 Å². The number of amides is 1. The third-order valence-corrected chi connectivity index (χ3v) is 6.60. The van der Waals surface area contributed by atoms with Gasteiger partial charge in [-0.15, -0.1) is 0 Å². The van der Waals surface area contributed by atoms with Crippen LogP contribution in [0, 0.1) is 0 Å². The van der Waals surface area contributed by atoms with Crippen LogP contribution in [0.1, 0.15) is 52.2 Å². The Hall–Kier alpha value is -2.53. The number of hydrogen-bond donors (Lipinski definition) is 0. The average molecular weight is 423 g/mol. The van der Waals surface area contributed by atoms with E-state index in [2.05, 4.69) is 44.7 Å². The lowest BCUT2D eigenvalue weighted by molar-refractivity contribution is -0.124. The zero-order valence-corrected chi connectivity index (χ0v) is 19.4. The minimum absolute atomic E-state index is 0.155. The van der Waals surface area contributed by atoms with Crippen LogP contribution >= 0.6 is 0 Å². The molecule has 1 spiro atoms. The molecule has 4 rings (SSSR count). The van der Waals surface area contributed by atoms with Gasteiger partial charge in [0.05, 0.1) is 6.61 Å². The van der Waals surface area contributed by atoms with Gasteiger partial charge in [-0.1, -0.05) is 38.1 Å². The number of anilines is 1. The van der Waals surface area contributed by atoms with Crippen molar-refractivity contribution in [3.05, 3.63) is 53.6 Å². The number of para-hydroxylation sites is 1. The highest BCUT2D eigenvalue weighted by atomic mass is 16.5. The summed E-state index contributed by atoms with van der Waals surface area (Å²) in [6.45, 7) is 14.5. The first-order valence-electron chi connectivity index (χ1n) is 11.5. The lowest BCUT2D eigenvalue weighted by atomic mass is 9.67. The highest BCUT2D eigenvalue weighted by Crippen LogP contribution is 2.56. The van der Waals surface area contributed by atoms with E-state index in [0.29, 0.717) is 19.6 Å². The Balaban J connectivity index is 1.83. The predicted molar refractivity (Wildman–Crippen MR) is 124 cm³/mol. The fourth-order valence-corrected chi connectivity index (χ4v) is 5.22. The largest absolute Gasteiger partial charge is 0.494 e. The van der Waals surface area contributed by atoms with E-state index in [4.69, 9.17) is 9.47 Å². The SMILES string of the molecule is CCOc1ccc2c(c1)OC(C)(C)CC21C(=O)N(CCN(CC)CC)c2ccccc21. The Morgan fingerprint density at radius 2 is 1.81 bits per heavy atom. The van der Waals surface area contributed by atoms with Crippen molar-refractivity contribution in [3.8, 4) is 11.5 Å². The van der Waals surface area contributed by atoms with Crippen LogP contribution < -0.4 is 14.4 Å². The molecule has 1 unspecified atom stereocenters. The van der Waals surface area contributed by atoms with Crippen molar-refractivity contribution < 1.29 is 14.3 Å². The fourth-order valence-electron chi connectivity index (χ4n) is 5.22. The zero-order chi connectivity index (χ0) is 22.2. The number of ether oxygens (including phenoxy) is 2. The summed E-state index contributed by atoms with van der Waals surface area (Å²) < 4.78 is 12.1. The van der Waals surface area contributed by atoms with Gasteiger partial charge in [0.15, 0.2) is 0 Å². The molecule has 166 valence electrons. The van der Waals surface area contributed by atoms with E-state index in [1.54, 1.807) is 0 Å². The fraction of sp³-hybridized carbons (Fsp3) is 0.500. The van der Waals surface area contributed by atoms with Crippen LogP contribution in [0.15, 0.2) is 42.5 Å². The molecule has 2 aliphatic rings. The minimum Gasteiger partial charge on any atom is -0.494 e. The molecular formula is C26H34N2O3. The highest BCUT2D eigenvalue weighted by Gasteiger charge is 2.58. The van der Waals surface area contributed by atoms with Crippen molar-refractivity contribution in [1.82, 2.24) is 4.90 Å². The molecule has 5 heteroatoms. The van der Waals surface area contributed by atoms with E-state index < -0.39 is 11.0 Å². The van der Waals surface area contributed by atoms with Gasteiger partial charge in [0.1, 0.15) is 22.5 Å². The molecule has 0 bridgehead atoms. The summed E-state index contributed by atoms with van der Waals surface area (Å²) in [7, 11) is 0. The molecule has 31 heavy (non-hydrogen) atoms. The minimum atomic E-state index is -0.734. The average Bonchev–Trinajstić information content (AvgIpc) is 2.97. The molecule has 0 saturated carbocycles. The summed E-state index contributed by atoms with van der Waals surface area (Å²) in [5, 5.41) is 0. The number of likely N-dealkylation sites (N-methyl/N-ethyl adjacent to an activating group) is 1. The van der Waals surface area contributed by atoms with Crippen LogP contribution in [0.4, 0.5) is 5.69 Å². The van der Waals surface area contributed by atoms with Crippen molar-refractivity contribution in [1.29, 1.82) is 0 Å². The number of nitrogens with zero attached hydrogens (tertiary/aromatic N) is 2. The zero-order valence-electron chi connectivity index (χ0n) is 19.4. The van der Waals surface area contributed by atoms with Gasteiger partial charge < -0.3 is 19.3 Å². The lowest BCUT2D eigenvalue weighted by Gasteiger charge is -2.43. The quantitative estimate of drug-likeness (QED) is 0.653. The molecule has 0 fully saturated rings. The third kappa shape index (κ3) is 3.59. The third-order valence-electron chi connectivity index (χ3n) is 6.60. The molecule has 5 nitrogen and oxygen atoms in total. The van der Waals surface area contributed by atoms with Gasteiger partial charge in [0, 0.05) is 36.8 Å². The summed E-state index contributed by atoms with van der Waals surface area (Å²) in [6, 6.07) is 14.2. The first kappa shape index (κ1) is 21.7. The Bertz CT molecular complexity index is 967. The van der Waals surface area contributed by atoms with Gasteiger partial charge in [0.2, 0.25) is 5.91 Å². The summed E-state index contributed by atoms with van der Waals surface area (Å²) in [5.74, 6) is 1.67. The van der Waals surface area contributed by atoms with E-state index in [1.807, 2.05) is 42.2 Å². The Kier molecular flexibility index (Phi) is 5.73. The number of fused-ring (bicyclic) bond motifs is 4. The maximum atomic E-state index is 14.2. The van der Waals surface area contributed by atoms with Gasteiger partial charge in [-0.25, -0.2) is 0 Å². The molecular weight excluding hydrogens is 388 g/mol. The standard InChI is InChI=1S/C26H34N2O3/c1-6-27(7-2)15-16-28-22-12-10-9-11-20(22)26(24(28)29)18-25(4,5)31-23-17-19(30-8-3)13-14-21(23)26/h9-14,17H,6-8,15-16,18H2,1-5H3. The molecule has 0 N–H and O–H groups in total. The smallest absolute Gasteiger partial charge is 0.242 e. The van der Waals surface area contributed by atoms with Crippen LogP contribution in [0.3, 0.4) is 0 Å². The normalized spacial score (nSPS) is 21.2. The maximum absolute atomic E-state index is 14.2. The second-order valence-corrected chi connectivity index (χ2v) is 9.04. The lowest BCUT2D eigenvalue weighted by Crippen LogP contribution is -2.51. The van der Waals surface area contributed by atoms with Crippen LogP contribution in [0.25, 0.3) is 0 Å². The molecule has 0 radical (unpaired) electrons. The highest BCUT2D eigenvalue weighted by molar-refractivity contribution is 6.11. The van der Waals surface area contributed by atoms with Crippen molar-refractivity contribution in [3.63, 3.8) is 0 Å². The van der Waals surface area contributed by atoms with Crippen molar-refractivity contribution >= 4 is 11.6 Å². The van der Waals surface area contributed by atoms with Crippen LogP contribution in [0.2, 0.25) is 0 Å². The molecule has 1 atom stereocenters. The second kappa shape index (κ2) is 8.19. The van der Waals surface area contributed by atoms with E-state index >= 15 is 0 Å². The molecule has 0 aromatic heterocycles. The maximum Gasteiger partial charge on any atom is 0.242 e. The molecule has 2 aromatic rings. The van der Waals surface area contributed by atoms with E-state index in [0.717, 1.165) is 47.9 Å². The summed E-state index contributed by atoms with van der Waals surface area (Å²) >= 11 is 0. The first-order valence-corrected chi connectivity index (χ1v) is 11.5. The number of carbonyl (C=O) groups is 1. The first-order chi connectivity index (χ1) is 14.9. The van der Waals surface area contributed by atoms with Gasteiger partial charge >= 0.3 is 0 Å². The molecule has 2 aromatic carbocycles. The molecule has 2 aliphatic heterocycles. The molecule has 0 saturated heterocycles. The topological polar surface area (TPSA) is 42.0 Å². The van der Waals surface area contributed by atoms with Crippen LogP contribution in [0.5, 0.6) is 11.5 Å². The van der Waals surface area contributed by atoms with Gasteiger partial charge in [0.25, 0.3) is 0 Å². The summed E-state index contributed by atoms with van der Waals surface area (Å²) in [5.41, 5.74) is 1.84. The van der Waals surface area contributed by atoms with Crippen molar-refractivity contribution in [2.75, 3.05) is 37.7 Å². The van der Waals surface area contributed by atoms with Gasteiger partial charge in [-0.3, -0.25) is 4.79 Å². The monoisotopic (exact) mass is 422 g/mol. The number of carbonyl (C=O) groups excluding carboxylic acids is 1. The number of rotatable bonds is 7. The Morgan fingerprint density at radius 1 is 1.06 bits per heavy atom. The summed E-state index contributed by atoms with van der Waals surface area (Å²) in [4.78, 5) is 18.6. The number of hydrogen-bond acceptors (Lipinski definition) is 4. The van der Waals surface area contributed by atoms with E-state index in [1.165, 1.54) is 0 Å². The van der Waals surface area contributed by atoms with Crippen molar-refractivity contribution in [2.24, 2.45) is 0 Å².